The molecule has 0 radical (unpaired) electrons. The summed E-state index contributed by atoms with van der Waals surface area (Å²) in [5.74, 6) is 0. The molecule has 0 saturated carbocycles. The van der Waals surface area contributed by atoms with Crippen LogP contribution < -0.4 is 10.2 Å². The van der Waals surface area contributed by atoms with Gasteiger partial charge in [0.05, 0.1) is 41.6 Å². The number of aromatic nitrogens is 5. The predicted octanol–water partition coefficient (Wildman–Crippen LogP) is 4.43. The molecule has 0 spiro atoms. The highest BCUT2D eigenvalue weighted by atomic mass is 19.4. The van der Waals surface area contributed by atoms with Crippen molar-refractivity contribution in [2.24, 2.45) is 0 Å². The van der Waals surface area contributed by atoms with Crippen LogP contribution in [0, 0.1) is 0 Å². The molecule has 0 saturated heterocycles. The number of halogens is 8. The number of carbonyl (C=O) groups is 1. The third kappa shape index (κ3) is 4.07. The smallest absolute Gasteiger partial charge is 0.306 e. The summed E-state index contributed by atoms with van der Waals surface area (Å²) < 4.78 is 107. The molecule has 1 aliphatic rings. The molecule has 0 aliphatic carbocycles. The van der Waals surface area contributed by atoms with Gasteiger partial charge in [-0.25, -0.2) is 23.1 Å². The minimum atomic E-state index is -4.94. The van der Waals surface area contributed by atoms with Crippen molar-refractivity contribution in [2.45, 2.75) is 37.5 Å². The van der Waals surface area contributed by atoms with Crippen LogP contribution in [-0.2, 0) is 11.8 Å². The summed E-state index contributed by atoms with van der Waals surface area (Å²) >= 11 is 0. The number of nitrogens with one attached hydrogen (secondary N) is 1. The van der Waals surface area contributed by atoms with Crippen molar-refractivity contribution < 1.29 is 39.9 Å². The Morgan fingerprint density at radius 3 is 2.50 bits per heavy atom. The molecule has 8 nitrogen and oxygen atoms in total. The van der Waals surface area contributed by atoms with Crippen molar-refractivity contribution in [3.8, 4) is 0 Å². The largest absolute Gasteiger partial charge is 0.401 e. The number of hydrogen-bond acceptors (Lipinski definition) is 5. The Morgan fingerprint density at radius 2 is 1.88 bits per heavy atom. The third-order valence-corrected chi connectivity index (χ3v) is 5.20. The number of amides is 2. The molecule has 0 bridgehead atoms. The number of rotatable bonds is 3. The van der Waals surface area contributed by atoms with Gasteiger partial charge in [0.1, 0.15) is 11.1 Å². The highest BCUT2D eigenvalue weighted by molar-refractivity contribution is 6.03. The highest BCUT2D eigenvalue weighted by Gasteiger charge is 2.60. The van der Waals surface area contributed by atoms with Crippen molar-refractivity contribution >= 4 is 23.1 Å². The molecule has 0 fully saturated rings. The number of anilines is 2. The second-order valence-corrected chi connectivity index (χ2v) is 7.71. The summed E-state index contributed by atoms with van der Waals surface area (Å²) in [6.45, 7) is -0.195. The summed E-state index contributed by atoms with van der Waals surface area (Å²) in [5.41, 5.74) is -5.52. The Bertz CT molecular complexity index is 1260. The molecule has 1 atom stereocenters. The number of urea groups is 1. The van der Waals surface area contributed by atoms with Crippen molar-refractivity contribution in [1.82, 2.24) is 24.8 Å². The van der Waals surface area contributed by atoms with Crippen molar-refractivity contribution in [1.29, 1.82) is 0 Å². The van der Waals surface area contributed by atoms with Crippen molar-refractivity contribution in [3.63, 3.8) is 0 Å². The SMILES string of the molecule is C[C@@]1(C(F)(F)F)CN(C(=O)Nc2cnnc(C(F)F)c2)c2cnc3cc(CC(F)(F)F)nn3c21. The van der Waals surface area contributed by atoms with E-state index in [1.165, 1.54) is 0 Å². The van der Waals surface area contributed by atoms with Gasteiger partial charge in [-0.2, -0.15) is 36.5 Å². The van der Waals surface area contributed by atoms with E-state index in [0.717, 1.165) is 31.5 Å². The molecule has 2 amide bonds. The fourth-order valence-electron chi connectivity index (χ4n) is 3.61. The molecular formula is C18H13F8N7O. The van der Waals surface area contributed by atoms with Crippen LogP contribution in [0.2, 0.25) is 0 Å². The molecular weight excluding hydrogens is 482 g/mol. The summed E-state index contributed by atoms with van der Waals surface area (Å²) in [5, 5.41) is 12.3. The van der Waals surface area contributed by atoms with Crippen LogP contribution in [-0.4, -0.2) is 49.7 Å². The zero-order valence-corrected chi connectivity index (χ0v) is 16.9. The van der Waals surface area contributed by atoms with Gasteiger partial charge in [0.2, 0.25) is 0 Å². The minimum Gasteiger partial charge on any atom is -0.306 e. The van der Waals surface area contributed by atoms with Crippen molar-refractivity contribution in [3.05, 3.63) is 41.6 Å². The molecule has 0 aromatic carbocycles. The molecule has 3 aromatic rings. The van der Waals surface area contributed by atoms with Gasteiger partial charge in [-0.05, 0) is 13.0 Å². The van der Waals surface area contributed by atoms with Crippen LogP contribution in [0.5, 0.6) is 0 Å². The fourth-order valence-corrected chi connectivity index (χ4v) is 3.61. The zero-order valence-electron chi connectivity index (χ0n) is 16.9. The standard InChI is InChI=1S/C18H13F8N7O/c1-16(18(24,25)26)7-32(15(34)29-9-2-10(14(19)20)30-28-5-9)11-6-27-12-3-8(4-17(21,22)23)31-33(12)13(11)16/h2-3,5-6,14H,4,7H2,1H3,(H,29,30,34)/t16-/m1/s1. The maximum atomic E-state index is 14.1. The lowest BCUT2D eigenvalue weighted by Crippen LogP contribution is -2.46. The van der Waals surface area contributed by atoms with Crippen LogP contribution >= 0.6 is 0 Å². The average Bonchev–Trinajstić information content (AvgIpc) is 3.25. The van der Waals surface area contributed by atoms with E-state index >= 15 is 0 Å². The van der Waals surface area contributed by atoms with Crippen LogP contribution in [0.4, 0.5) is 51.3 Å². The Morgan fingerprint density at radius 1 is 1.18 bits per heavy atom. The topological polar surface area (TPSA) is 88.3 Å². The van der Waals surface area contributed by atoms with Crippen molar-refractivity contribution in [2.75, 3.05) is 16.8 Å². The summed E-state index contributed by atoms with van der Waals surface area (Å²) in [6, 6.07) is 0.571. The van der Waals surface area contributed by atoms with Crippen LogP contribution in [0.25, 0.3) is 5.65 Å². The van der Waals surface area contributed by atoms with Gasteiger partial charge >= 0.3 is 18.4 Å². The quantitative estimate of drug-likeness (QED) is 0.544. The number of alkyl halides is 8. The molecule has 3 aromatic heterocycles. The number of carbonyl (C=O) groups excluding carboxylic acids is 1. The summed E-state index contributed by atoms with van der Waals surface area (Å²) in [6.07, 6.45) is -12.3. The Hall–Kier alpha value is -3.59. The zero-order chi connectivity index (χ0) is 25.1. The Kier molecular flexibility index (Phi) is 5.36. The van der Waals surface area contributed by atoms with E-state index in [2.05, 4.69) is 25.6 Å². The summed E-state index contributed by atoms with van der Waals surface area (Å²) in [4.78, 5) is 17.3. The first-order chi connectivity index (χ1) is 15.7. The second-order valence-electron chi connectivity index (χ2n) is 7.71. The first-order valence-electron chi connectivity index (χ1n) is 9.40. The van der Waals surface area contributed by atoms with Gasteiger partial charge in [-0.1, -0.05) is 0 Å². The van der Waals surface area contributed by atoms with E-state index in [1.54, 1.807) is 0 Å². The van der Waals surface area contributed by atoms with Gasteiger partial charge in [0.25, 0.3) is 6.43 Å². The molecule has 1 aliphatic heterocycles. The maximum Gasteiger partial charge on any atom is 0.401 e. The van der Waals surface area contributed by atoms with E-state index in [-0.39, 0.29) is 17.0 Å². The van der Waals surface area contributed by atoms with E-state index in [4.69, 9.17) is 0 Å². The second kappa shape index (κ2) is 7.73. The van der Waals surface area contributed by atoms with E-state index in [1.807, 2.05) is 0 Å². The highest BCUT2D eigenvalue weighted by Crippen LogP contribution is 2.50. The van der Waals surface area contributed by atoms with E-state index in [9.17, 15) is 39.9 Å². The lowest BCUT2D eigenvalue weighted by molar-refractivity contribution is -0.181. The predicted molar refractivity (Wildman–Crippen MR) is 99.5 cm³/mol. The first-order valence-corrected chi connectivity index (χ1v) is 9.40. The summed E-state index contributed by atoms with van der Waals surface area (Å²) in [7, 11) is 0. The number of fused-ring (bicyclic) bond motifs is 3. The Labute approximate surface area is 184 Å². The number of nitrogens with zero attached hydrogens (tertiary/aromatic N) is 6. The molecule has 4 heterocycles. The van der Waals surface area contributed by atoms with Gasteiger partial charge < -0.3 is 5.32 Å². The first kappa shape index (κ1) is 23.6. The fraction of sp³-hybridized carbons (Fsp3) is 0.389. The molecule has 4 rings (SSSR count). The monoisotopic (exact) mass is 495 g/mol. The van der Waals surface area contributed by atoms with E-state index in [0.29, 0.717) is 9.42 Å². The van der Waals surface area contributed by atoms with Crippen LogP contribution in [0.3, 0.4) is 0 Å². The van der Waals surface area contributed by atoms with Crippen LogP contribution in [0.15, 0.2) is 24.5 Å². The molecule has 1 N–H and O–H groups in total. The minimum absolute atomic E-state index is 0.252. The molecule has 34 heavy (non-hydrogen) atoms. The normalized spacial score (nSPS) is 18.6. The average molecular weight is 495 g/mol. The lowest BCUT2D eigenvalue weighted by Gasteiger charge is -2.28. The Balaban J connectivity index is 1.77. The van der Waals surface area contributed by atoms with E-state index < -0.39 is 60.3 Å². The van der Waals surface area contributed by atoms with Gasteiger partial charge in [-0.15, -0.1) is 5.10 Å². The van der Waals surface area contributed by atoms with Crippen LogP contribution in [0.1, 0.15) is 30.4 Å². The molecule has 182 valence electrons. The van der Waals surface area contributed by atoms with Gasteiger partial charge in [-0.3, -0.25) is 4.90 Å². The number of hydrogen-bond donors (Lipinski definition) is 1. The third-order valence-electron chi connectivity index (χ3n) is 5.20. The molecule has 16 heteroatoms. The maximum absolute atomic E-state index is 14.1. The van der Waals surface area contributed by atoms with Gasteiger partial charge in [0.15, 0.2) is 5.65 Å². The lowest BCUT2D eigenvalue weighted by atomic mass is 9.88. The molecule has 0 unspecified atom stereocenters. The van der Waals surface area contributed by atoms with Gasteiger partial charge in [0, 0.05) is 12.6 Å².